The van der Waals surface area contributed by atoms with Gasteiger partial charge in [0.1, 0.15) is 5.82 Å². The van der Waals surface area contributed by atoms with Crippen molar-refractivity contribution in [1.29, 1.82) is 0 Å². The number of carbonyl (C=O) groups is 2. The Labute approximate surface area is 243 Å². The molecule has 1 saturated carbocycles. The summed E-state index contributed by atoms with van der Waals surface area (Å²) in [5, 5.41) is 3.33. The third-order valence-corrected chi connectivity index (χ3v) is 10.2. The number of primary amides is 1. The highest BCUT2D eigenvalue weighted by molar-refractivity contribution is 5.96. The number of likely N-dealkylation sites (N-methyl/N-ethyl adjacent to an activating group) is 1. The summed E-state index contributed by atoms with van der Waals surface area (Å²) in [5.41, 5.74) is 8.17. The molecule has 2 atom stereocenters. The summed E-state index contributed by atoms with van der Waals surface area (Å²) in [4.78, 5) is 42.9. The fourth-order valence-corrected chi connectivity index (χ4v) is 7.14. The molecule has 0 unspecified atom stereocenters. The summed E-state index contributed by atoms with van der Waals surface area (Å²) in [6, 6.07) is 9.59. The standard InChI is InChI=1S/C31H44N8O2/c1-21-25(39-19-18-36(3)30(39)41)8-5-15-38(21)26-20-33-27(28(32)40)29(35-26)34-23-11-9-22(10-12-23)31(2)13-16-37(17-14-31)24-6-4-7-24/h9-12,20-21,24-25H,4-8,13-19H2,1-3H3,(H2,32,40)(H,34,35)/t21-,25-/m1/s1. The van der Waals surface area contributed by atoms with Crippen molar-refractivity contribution in [3.8, 4) is 0 Å². The second-order valence-electron chi connectivity index (χ2n) is 12.7. The average molecular weight is 561 g/mol. The van der Waals surface area contributed by atoms with Crippen molar-refractivity contribution >= 4 is 29.3 Å². The molecule has 4 heterocycles. The summed E-state index contributed by atoms with van der Waals surface area (Å²) in [6.07, 6.45) is 9.98. The first-order valence-electron chi connectivity index (χ1n) is 15.3. The fraction of sp³-hybridized carbons (Fsp3) is 0.613. The van der Waals surface area contributed by atoms with Crippen molar-refractivity contribution < 1.29 is 9.59 Å². The summed E-state index contributed by atoms with van der Waals surface area (Å²) < 4.78 is 0. The average Bonchev–Trinajstić information content (AvgIpc) is 3.27. The molecule has 4 aliphatic rings. The van der Waals surface area contributed by atoms with Gasteiger partial charge in [0, 0.05) is 44.5 Å². The van der Waals surface area contributed by atoms with Gasteiger partial charge in [-0.05, 0) is 81.6 Å². The van der Waals surface area contributed by atoms with Crippen molar-refractivity contribution in [2.45, 2.75) is 82.3 Å². The number of nitrogens with one attached hydrogen (secondary N) is 1. The molecule has 10 heteroatoms. The lowest BCUT2D eigenvalue weighted by Crippen LogP contribution is -2.55. The predicted molar refractivity (Wildman–Crippen MR) is 161 cm³/mol. The van der Waals surface area contributed by atoms with E-state index in [0.29, 0.717) is 11.6 Å². The van der Waals surface area contributed by atoms with Crippen LogP contribution in [0.2, 0.25) is 0 Å². The van der Waals surface area contributed by atoms with Crippen molar-refractivity contribution in [3.05, 3.63) is 41.7 Å². The largest absolute Gasteiger partial charge is 0.364 e. The molecule has 2 aromatic rings. The number of rotatable bonds is 7. The Morgan fingerprint density at radius 2 is 1.73 bits per heavy atom. The molecular weight excluding hydrogens is 516 g/mol. The van der Waals surface area contributed by atoms with E-state index in [0.717, 1.165) is 44.2 Å². The number of anilines is 3. The van der Waals surface area contributed by atoms with Crippen molar-refractivity contribution in [2.24, 2.45) is 5.73 Å². The first kappa shape index (κ1) is 27.8. The van der Waals surface area contributed by atoms with Gasteiger partial charge in [-0.1, -0.05) is 25.5 Å². The van der Waals surface area contributed by atoms with Gasteiger partial charge >= 0.3 is 6.03 Å². The van der Waals surface area contributed by atoms with Gasteiger partial charge in [-0.2, -0.15) is 0 Å². The monoisotopic (exact) mass is 560 g/mol. The summed E-state index contributed by atoms with van der Waals surface area (Å²) >= 11 is 0. The van der Waals surface area contributed by atoms with E-state index >= 15 is 0 Å². The highest BCUT2D eigenvalue weighted by atomic mass is 16.2. The Hall–Kier alpha value is -3.40. The molecule has 1 aromatic heterocycles. The Kier molecular flexibility index (Phi) is 7.52. The maximum atomic E-state index is 12.7. The highest BCUT2D eigenvalue weighted by Gasteiger charge is 2.39. The van der Waals surface area contributed by atoms with Crippen LogP contribution in [-0.4, -0.2) is 94.5 Å². The molecule has 220 valence electrons. The van der Waals surface area contributed by atoms with Gasteiger partial charge in [0.2, 0.25) is 0 Å². The van der Waals surface area contributed by atoms with E-state index in [1.807, 2.05) is 11.9 Å². The van der Waals surface area contributed by atoms with E-state index in [1.165, 1.54) is 50.8 Å². The summed E-state index contributed by atoms with van der Waals surface area (Å²) in [6.45, 7) is 9.17. The molecule has 1 aliphatic carbocycles. The summed E-state index contributed by atoms with van der Waals surface area (Å²) in [5.74, 6) is 0.412. The molecule has 6 rings (SSSR count). The molecule has 1 aromatic carbocycles. The Balaban J connectivity index is 1.18. The van der Waals surface area contributed by atoms with Crippen LogP contribution in [0.25, 0.3) is 0 Å². The number of likely N-dealkylation sites (tertiary alicyclic amines) is 1. The zero-order chi connectivity index (χ0) is 28.7. The molecule has 3 N–H and O–H groups in total. The molecule has 3 amide bonds. The number of amides is 3. The second-order valence-corrected chi connectivity index (χ2v) is 12.7. The number of benzene rings is 1. The molecule has 4 fully saturated rings. The molecule has 3 aliphatic heterocycles. The van der Waals surface area contributed by atoms with E-state index < -0.39 is 5.91 Å². The lowest BCUT2D eigenvalue weighted by atomic mass is 9.73. The van der Waals surface area contributed by atoms with Crippen molar-refractivity contribution in [2.75, 3.05) is 50.0 Å². The third kappa shape index (κ3) is 5.34. The molecular formula is C31H44N8O2. The number of hydrogen-bond acceptors (Lipinski definition) is 7. The van der Waals surface area contributed by atoms with Gasteiger partial charge in [-0.3, -0.25) is 4.79 Å². The van der Waals surface area contributed by atoms with Crippen LogP contribution in [0.3, 0.4) is 0 Å². The number of carbonyl (C=O) groups excluding carboxylic acids is 2. The quantitative estimate of drug-likeness (QED) is 0.528. The first-order valence-corrected chi connectivity index (χ1v) is 15.3. The van der Waals surface area contributed by atoms with E-state index in [-0.39, 0.29) is 29.2 Å². The predicted octanol–water partition coefficient (Wildman–Crippen LogP) is 3.95. The Morgan fingerprint density at radius 1 is 1.00 bits per heavy atom. The van der Waals surface area contributed by atoms with Crippen LogP contribution in [0, 0.1) is 0 Å². The molecule has 3 saturated heterocycles. The number of nitrogens with zero attached hydrogens (tertiary/aromatic N) is 6. The van der Waals surface area contributed by atoms with Crippen molar-refractivity contribution in [3.63, 3.8) is 0 Å². The van der Waals surface area contributed by atoms with Crippen molar-refractivity contribution in [1.82, 2.24) is 24.7 Å². The minimum Gasteiger partial charge on any atom is -0.364 e. The van der Waals surface area contributed by atoms with Crippen LogP contribution < -0.4 is 16.0 Å². The molecule has 10 nitrogen and oxygen atoms in total. The number of hydrogen-bond donors (Lipinski definition) is 2. The minimum atomic E-state index is -0.621. The molecule has 41 heavy (non-hydrogen) atoms. The van der Waals surface area contributed by atoms with Crippen LogP contribution >= 0.6 is 0 Å². The van der Waals surface area contributed by atoms with Gasteiger partial charge in [-0.25, -0.2) is 14.8 Å². The zero-order valence-corrected chi connectivity index (χ0v) is 24.7. The zero-order valence-electron chi connectivity index (χ0n) is 24.7. The lowest BCUT2D eigenvalue weighted by molar-refractivity contribution is 0.0773. The highest BCUT2D eigenvalue weighted by Crippen LogP contribution is 2.38. The SMILES string of the molecule is C[C@@H]1[C@H](N2CCN(C)C2=O)CCCN1c1cnc(C(N)=O)c(Nc2ccc(C3(C)CCN(C4CCC4)CC3)cc2)n1. The smallest absolute Gasteiger partial charge is 0.320 e. The van der Waals surface area contributed by atoms with Crippen LogP contribution in [-0.2, 0) is 5.41 Å². The maximum absolute atomic E-state index is 12.7. The lowest BCUT2D eigenvalue weighted by Gasteiger charge is -2.45. The van der Waals surface area contributed by atoms with Crippen LogP contribution in [0.15, 0.2) is 30.5 Å². The van der Waals surface area contributed by atoms with Gasteiger partial charge in [0.05, 0.1) is 12.2 Å². The van der Waals surface area contributed by atoms with Gasteiger partial charge in [0.25, 0.3) is 5.91 Å². The Bertz CT molecular complexity index is 1270. The van der Waals surface area contributed by atoms with Crippen LogP contribution in [0.1, 0.15) is 74.8 Å². The number of aromatic nitrogens is 2. The van der Waals surface area contributed by atoms with Gasteiger partial charge in [-0.15, -0.1) is 0 Å². The van der Waals surface area contributed by atoms with Crippen LogP contribution in [0.5, 0.6) is 0 Å². The second kappa shape index (κ2) is 11.1. The minimum absolute atomic E-state index is 0.0662. The number of piperidine rings is 2. The normalized spacial score (nSPS) is 25.3. The third-order valence-electron chi connectivity index (χ3n) is 10.2. The van der Waals surface area contributed by atoms with E-state index in [9.17, 15) is 9.59 Å². The van der Waals surface area contributed by atoms with E-state index in [4.69, 9.17) is 10.7 Å². The van der Waals surface area contributed by atoms with Crippen LogP contribution in [0.4, 0.5) is 22.1 Å². The van der Waals surface area contributed by atoms with Gasteiger partial charge in [0.15, 0.2) is 11.5 Å². The molecule has 0 radical (unpaired) electrons. The maximum Gasteiger partial charge on any atom is 0.320 e. The fourth-order valence-electron chi connectivity index (χ4n) is 7.14. The first-order chi connectivity index (χ1) is 19.7. The topological polar surface area (TPSA) is 111 Å². The Morgan fingerprint density at radius 3 is 2.34 bits per heavy atom. The molecule has 0 spiro atoms. The molecule has 0 bridgehead atoms. The van der Waals surface area contributed by atoms with E-state index in [1.54, 1.807) is 11.1 Å². The van der Waals surface area contributed by atoms with Gasteiger partial charge < -0.3 is 30.7 Å². The summed E-state index contributed by atoms with van der Waals surface area (Å²) in [7, 11) is 1.85. The number of urea groups is 1. The van der Waals surface area contributed by atoms with E-state index in [2.05, 4.69) is 58.2 Å². The number of nitrogens with two attached hydrogens (primary N) is 1.